The van der Waals surface area contributed by atoms with Gasteiger partial charge in [0.05, 0.1) is 12.7 Å². The first-order valence-corrected chi connectivity index (χ1v) is 8.79. The lowest BCUT2D eigenvalue weighted by Crippen LogP contribution is -2.21. The first-order valence-electron chi connectivity index (χ1n) is 8.79. The van der Waals surface area contributed by atoms with Crippen LogP contribution in [0.2, 0.25) is 0 Å². The summed E-state index contributed by atoms with van der Waals surface area (Å²) < 4.78 is 11.6. The van der Waals surface area contributed by atoms with Crippen LogP contribution in [0.15, 0.2) is 0 Å². The molecule has 2 nitrogen and oxygen atoms in total. The summed E-state index contributed by atoms with van der Waals surface area (Å²) >= 11 is 0. The molecule has 0 aromatic heterocycles. The third-order valence-electron chi connectivity index (χ3n) is 3.77. The molecule has 122 valence electrons. The summed E-state index contributed by atoms with van der Waals surface area (Å²) in [7, 11) is 0. The van der Waals surface area contributed by atoms with Crippen LogP contribution in [0.5, 0.6) is 0 Å². The highest BCUT2D eigenvalue weighted by Crippen LogP contribution is 2.11. The van der Waals surface area contributed by atoms with E-state index in [1.807, 2.05) is 0 Å². The van der Waals surface area contributed by atoms with Crippen LogP contribution in [0.3, 0.4) is 0 Å². The molecule has 0 N–H and O–H groups in total. The topological polar surface area (TPSA) is 18.5 Å². The molecule has 0 fully saturated rings. The molecule has 0 rings (SSSR count). The van der Waals surface area contributed by atoms with Crippen molar-refractivity contribution in [1.29, 1.82) is 0 Å². The van der Waals surface area contributed by atoms with Gasteiger partial charge in [0.1, 0.15) is 0 Å². The summed E-state index contributed by atoms with van der Waals surface area (Å²) in [5.41, 5.74) is 0. The minimum absolute atomic E-state index is 0.224. The number of hydrogen-bond acceptors (Lipinski definition) is 2. The molecule has 2 heteroatoms. The Morgan fingerprint density at radius 3 is 1.95 bits per heavy atom. The summed E-state index contributed by atoms with van der Waals surface area (Å²) in [5.74, 6) is 1.35. The maximum absolute atomic E-state index is 5.87. The highest BCUT2D eigenvalue weighted by atomic mass is 16.5. The SMILES string of the molecule is CCCCCC(C)COC(C)COCC(C)CCCC. The van der Waals surface area contributed by atoms with E-state index in [2.05, 4.69) is 34.6 Å². The smallest absolute Gasteiger partial charge is 0.0780 e. The second kappa shape index (κ2) is 13.9. The van der Waals surface area contributed by atoms with E-state index in [0.717, 1.165) is 19.8 Å². The van der Waals surface area contributed by atoms with Crippen LogP contribution in [-0.4, -0.2) is 25.9 Å². The quantitative estimate of drug-likeness (QED) is 0.395. The van der Waals surface area contributed by atoms with Crippen molar-refractivity contribution in [3.05, 3.63) is 0 Å². The molecule has 0 bridgehead atoms. The fraction of sp³-hybridized carbons (Fsp3) is 1.00. The number of rotatable bonds is 14. The summed E-state index contributed by atoms with van der Waals surface area (Å²) in [4.78, 5) is 0. The van der Waals surface area contributed by atoms with Gasteiger partial charge >= 0.3 is 0 Å². The molecule has 3 unspecified atom stereocenters. The predicted octanol–water partition coefficient (Wildman–Crippen LogP) is 5.45. The van der Waals surface area contributed by atoms with Gasteiger partial charge in [0.2, 0.25) is 0 Å². The molecular formula is C18H38O2. The zero-order chi connectivity index (χ0) is 15.2. The predicted molar refractivity (Wildman–Crippen MR) is 88.2 cm³/mol. The molecule has 0 aliphatic rings. The molecule has 0 saturated heterocycles. The second-order valence-electron chi connectivity index (χ2n) is 6.53. The fourth-order valence-electron chi connectivity index (χ4n) is 2.27. The van der Waals surface area contributed by atoms with Gasteiger partial charge in [-0.05, 0) is 31.6 Å². The van der Waals surface area contributed by atoms with Crippen molar-refractivity contribution in [2.45, 2.75) is 85.7 Å². The Balaban J connectivity index is 3.46. The number of unbranched alkanes of at least 4 members (excludes halogenated alkanes) is 3. The van der Waals surface area contributed by atoms with Gasteiger partial charge < -0.3 is 9.47 Å². The lowest BCUT2D eigenvalue weighted by atomic mass is 10.0. The van der Waals surface area contributed by atoms with Crippen LogP contribution in [0.4, 0.5) is 0 Å². The Hall–Kier alpha value is -0.0800. The molecule has 0 aliphatic heterocycles. The third kappa shape index (κ3) is 12.9. The van der Waals surface area contributed by atoms with E-state index in [1.54, 1.807) is 0 Å². The van der Waals surface area contributed by atoms with Gasteiger partial charge in [-0.15, -0.1) is 0 Å². The van der Waals surface area contributed by atoms with E-state index in [-0.39, 0.29) is 6.10 Å². The first-order chi connectivity index (χ1) is 9.60. The highest BCUT2D eigenvalue weighted by Gasteiger charge is 2.08. The largest absolute Gasteiger partial charge is 0.378 e. The van der Waals surface area contributed by atoms with Gasteiger partial charge in [0.15, 0.2) is 0 Å². The van der Waals surface area contributed by atoms with Crippen molar-refractivity contribution < 1.29 is 9.47 Å². The van der Waals surface area contributed by atoms with Gasteiger partial charge in [-0.25, -0.2) is 0 Å². The third-order valence-corrected chi connectivity index (χ3v) is 3.77. The average Bonchev–Trinajstić information content (AvgIpc) is 2.43. The molecule has 0 aromatic rings. The van der Waals surface area contributed by atoms with Crippen LogP contribution in [-0.2, 0) is 9.47 Å². The van der Waals surface area contributed by atoms with E-state index in [4.69, 9.17) is 9.47 Å². The van der Waals surface area contributed by atoms with Crippen LogP contribution in [0.1, 0.15) is 79.6 Å². The first kappa shape index (κ1) is 19.9. The maximum atomic E-state index is 5.87. The van der Waals surface area contributed by atoms with E-state index in [1.165, 1.54) is 44.9 Å². The van der Waals surface area contributed by atoms with Crippen molar-refractivity contribution in [3.8, 4) is 0 Å². The molecule has 0 saturated carbocycles. The van der Waals surface area contributed by atoms with Gasteiger partial charge in [-0.1, -0.05) is 59.8 Å². The molecule has 0 radical (unpaired) electrons. The van der Waals surface area contributed by atoms with Gasteiger partial charge in [-0.3, -0.25) is 0 Å². The summed E-state index contributed by atoms with van der Waals surface area (Å²) in [6, 6.07) is 0. The lowest BCUT2D eigenvalue weighted by Gasteiger charge is -2.18. The molecule has 20 heavy (non-hydrogen) atoms. The summed E-state index contributed by atoms with van der Waals surface area (Å²) in [6.07, 6.45) is 9.36. The molecular weight excluding hydrogens is 248 g/mol. The van der Waals surface area contributed by atoms with Crippen LogP contribution < -0.4 is 0 Å². The van der Waals surface area contributed by atoms with E-state index in [0.29, 0.717) is 11.8 Å². The van der Waals surface area contributed by atoms with Crippen molar-refractivity contribution in [3.63, 3.8) is 0 Å². The Morgan fingerprint density at radius 2 is 1.30 bits per heavy atom. The summed E-state index contributed by atoms with van der Waals surface area (Å²) in [6.45, 7) is 13.7. The molecule has 0 amide bonds. The minimum Gasteiger partial charge on any atom is -0.378 e. The molecule has 0 heterocycles. The summed E-state index contributed by atoms with van der Waals surface area (Å²) in [5, 5.41) is 0. The van der Waals surface area contributed by atoms with Gasteiger partial charge in [0.25, 0.3) is 0 Å². The van der Waals surface area contributed by atoms with Crippen LogP contribution in [0, 0.1) is 11.8 Å². The van der Waals surface area contributed by atoms with Crippen molar-refractivity contribution >= 4 is 0 Å². The Labute approximate surface area is 127 Å². The molecule has 3 atom stereocenters. The van der Waals surface area contributed by atoms with Crippen molar-refractivity contribution in [1.82, 2.24) is 0 Å². The number of hydrogen-bond donors (Lipinski definition) is 0. The lowest BCUT2D eigenvalue weighted by molar-refractivity contribution is -0.0258. The maximum Gasteiger partial charge on any atom is 0.0780 e. The Bertz CT molecular complexity index is 194. The number of ether oxygens (including phenoxy) is 2. The van der Waals surface area contributed by atoms with E-state index in [9.17, 15) is 0 Å². The second-order valence-corrected chi connectivity index (χ2v) is 6.53. The molecule has 0 spiro atoms. The molecule has 0 aliphatic carbocycles. The standard InChI is InChI=1S/C18H38O2/c1-6-8-10-12-17(4)14-20-18(5)15-19-13-16(3)11-9-7-2/h16-18H,6-15H2,1-5H3. The van der Waals surface area contributed by atoms with E-state index >= 15 is 0 Å². The monoisotopic (exact) mass is 286 g/mol. The zero-order valence-corrected chi connectivity index (χ0v) is 14.6. The molecule has 0 aromatic carbocycles. The Morgan fingerprint density at radius 1 is 0.700 bits per heavy atom. The van der Waals surface area contributed by atoms with Crippen molar-refractivity contribution in [2.24, 2.45) is 11.8 Å². The zero-order valence-electron chi connectivity index (χ0n) is 14.6. The fourth-order valence-corrected chi connectivity index (χ4v) is 2.27. The van der Waals surface area contributed by atoms with Crippen LogP contribution in [0.25, 0.3) is 0 Å². The average molecular weight is 286 g/mol. The van der Waals surface area contributed by atoms with Gasteiger partial charge in [-0.2, -0.15) is 0 Å². The van der Waals surface area contributed by atoms with Crippen LogP contribution >= 0.6 is 0 Å². The minimum atomic E-state index is 0.224. The van der Waals surface area contributed by atoms with E-state index < -0.39 is 0 Å². The van der Waals surface area contributed by atoms with Gasteiger partial charge in [0, 0.05) is 13.2 Å². The Kier molecular flexibility index (Phi) is 13.8. The van der Waals surface area contributed by atoms with Crippen molar-refractivity contribution in [2.75, 3.05) is 19.8 Å². The normalized spacial score (nSPS) is 16.1. The highest BCUT2D eigenvalue weighted by molar-refractivity contribution is 4.56.